The molecule has 20 heavy (non-hydrogen) atoms. The highest BCUT2D eigenvalue weighted by Gasteiger charge is 2.14. The van der Waals surface area contributed by atoms with Gasteiger partial charge in [-0.3, -0.25) is 9.59 Å². The second-order valence-corrected chi connectivity index (χ2v) is 5.04. The minimum absolute atomic E-state index is 0.0463. The summed E-state index contributed by atoms with van der Waals surface area (Å²) in [6, 6.07) is 10.9. The van der Waals surface area contributed by atoms with Gasteiger partial charge in [0.15, 0.2) is 5.78 Å². The summed E-state index contributed by atoms with van der Waals surface area (Å²) in [6.45, 7) is 1.46. The summed E-state index contributed by atoms with van der Waals surface area (Å²) in [6.07, 6.45) is 0. The predicted molar refractivity (Wildman–Crippen MR) is 78.5 cm³/mol. The number of hydrogen-bond donors (Lipinski definition) is 1. The fourth-order valence-corrected chi connectivity index (χ4v) is 2.03. The third kappa shape index (κ3) is 3.11. The van der Waals surface area contributed by atoms with E-state index in [0.29, 0.717) is 11.3 Å². The van der Waals surface area contributed by atoms with Crippen molar-refractivity contribution in [2.45, 2.75) is 6.92 Å². The molecule has 0 saturated heterocycles. The molecule has 0 unspecified atom stereocenters. The molecule has 1 amide bonds. The second-order valence-electron chi connectivity index (χ2n) is 4.19. The van der Waals surface area contributed by atoms with Gasteiger partial charge in [-0.2, -0.15) is 0 Å². The highest BCUT2D eigenvalue weighted by molar-refractivity contribution is 9.10. The molecule has 0 heterocycles. The van der Waals surface area contributed by atoms with Gasteiger partial charge in [0.05, 0.1) is 10.0 Å². The molecule has 2 rings (SSSR count). The Bertz CT molecular complexity index is 668. The normalized spacial score (nSPS) is 10.2. The van der Waals surface area contributed by atoms with Crippen LogP contribution in [0.5, 0.6) is 0 Å². The fraction of sp³-hybridized carbons (Fsp3) is 0.0667. The van der Waals surface area contributed by atoms with Crippen LogP contribution in [0.2, 0.25) is 0 Å². The van der Waals surface area contributed by atoms with Crippen LogP contribution >= 0.6 is 15.9 Å². The molecule has 3 nitrogen and oxygen atoms in total. The van der Waals surface area contributed by atoms with Gasteiger partial charge in [-0.1, -0.05) is 6.07 Å². The molecule has 2 aromatic rings. The van der Waals surface area contributed by atoms with E-state index in [9.17, 15) is 14.0 Å². The zero-order valence-electron chi connectivity index (χ0n) is 10.6. The summed E-state index contributed by atoms with van der Waals surface area (Å²) in [7, 11) is 0. The van der Waals surface area contributed by atoms with Gasteiger partial charge in [-0.25, -0.2) is 4.39 Å². The molecule has 1 N–H and O–H groups in total. The first-order valence-corrected chi connectivity index (χ1v) is 6.64. The SMILES string of the molecule is CC(=O)c1ccc(NC(=O)c2cccc(Br)c2F)cc1. The number of halogens is 2. The lowest BCUT2D eigenvalue weighted by molar-refractivity contribution is 0.101. The zero-order chi connectivity index (χ0) is 14.7. The van der Waals surface area contributed by atoms with E-state index in [1.54, 1.807) is 30.3 Å². The van der Waals surface area contributed by atoms with Crippen LogP contribution in [0.4, 0.5) is 10.1 Å². The van der Waals surface area contributed by atoms with Crippen LogP contribution < -0.4 is 5.32 Å². The van der Waals surface area contributed by atoms with Gasteiger partial charge in [0.25, 0.3) is 5.91 Å². The van der Waals surface area contributed by atoms with E-state index in [-0.39, 0.29) is 15.8 Å². The molecule has 0 bridgehead atoms. The van der Waals surface area contributed by atoms with Gasteiger partial charge in [0, 0.05) is 11.3 Å². The Kier molecular flexibility index (Phi) is 4.29. The first kappa shape index (κ1) is 14.4. The van der Waals surface area contributed by atoms with Crippen LogP contribution in [0.15, 0.2) is 46.9 Å². The molecule has 0 aliphatic carbocycles. The number of carbonyl (C=O) groups excluding carboxylic acids is 2. The Hall–Kier alpha value is -2.01. The van der Waals surface area contributed by atoms with E-state index in [1.807, 2.05) is 0 Å². The topological polar surface area (TPSA) is 46.2 Å². The minimum Gasteiger partial charge on any atom is -0.322 e. The summed E-state index contributed by atoms with van der Waals surface area (Å²) >= 11 is 3.03. The number of ketones is 1. The maximum Gasteiger partial charge on any atom is 0.258 e. The summed E-state index contributed by atoms with van der Waals surface area (Å²) in [5, 5.41) is 2.58. The lowest BCUT2D eigenvalue weighted by Crippen LogP contribution is -2.14. The average molecular weight is 336 g/mol. The van der Waals surface area contributed by atoms with Crippen LogP contribution in [-0.2, 0) is 0 Å². The smallest absolute Gasteiger partial charge is 0.258 e. The van der Waals surface area contributed by atoms with Crippen molar-refractivity contribution in [2.24, 2.45) is 0 Å². The number of benzene rings is 2. The number of Topliss-reactive ketones (excluding diaryl/α,β-unsaturated/α-hetero) is 1. The van der Waals surface area contributed by atoms with Gasteiger partial charge in [0.1, 0.15) is 5.82 Å². The zero-order valence-corrected chi connectivity index (χ0v) is 12.2. The summed E-state index contributed by atoms with van der Waals surface area (Å²) in [5.74, 6) is -1.20. The monoisotopic (exact) mass is 335 g/mol. The van der Waals surface area contributed by atoms with E-state index in [4.69, 9.17) is 0 Å². The lowest BCUT2D eigenvalue weighted by atomic mass is 10.1. The largest absolute Gasteiger partial charge is 0.322 e. The van der Waals surface area contributed by atoms with Crippen LogP contribution in [0.3, 0.4) is 0 Å². The van der Waals surface area contributed by atoms with Gasteiger partial charge in [-0.15, -0.1) is 0 Å². The predicted octanol–water partition coefficient (Wildman–Crippen LogP) is 4.04. The average Bonchev–Trinajstić information content (AvgIpc) is 2.42. The fourth-order valence-electron chi connectivity index (χ4n) is 1.67. The maximum atomic E-state index is 13.8. The Morgan fingerprint density at radius 3 is 2.35 bits per heavy atom. The van der Waals surface area contributed by atoms with Gasteiger partial charge < -0.3 is 5.32 Å². The van der Waals surface area contributed by atoms with Crippen LogP contribution in [-0.4, -0.2) is 11.7 Å². The Labute approximate surface area is 123 Å². The van der Waals surface area contributed by atoms with Crippen molar-refractivity contribution in [1.82, 2.24) is 0 Å². The summed E-state index contributed by atoms with van der Waals surface area (Å²) < 4.78 is 14.0. The molecule has 2 aromatic carbocycles. The molecule has 0 aliphatic heterocycles. The molecular weight excluding hydrogens is 325 g/mol. The van der Waals surface area contributed by atoms with Crippen molar-refractivity contribution in [1.29, 1.82) is 0 Å². The van der Waals surface area contributed by atoms with Crippen LogP contribution in [0.25, 0.3) is 0 Å². The first-order valence-electron chi connectivity index (χ1n) is 5.85. The van der Waals surface area contributed by atoms with Crippen LogP contribution in [0, 0.1) is 5.82 Å². The Morgan fingerprint density at radius 2 is 1.75 bits per heavy atom. The van der Waals surface area contributed by atoms with Crippen molar-refractivity contribution in [3.63, 3.8) is 0 Å². The molecule has 102 valence electrons. The van der Waals surface area contributed by atoms with E-state index in [0.717, 1.165) is 0 Å². The summed E-state index contributed by atoms with van der Waals surface area (Å²) in [5.41, 5.74) is 1.01. The number of carbonyl (C=O) groups is 2. The molecule has 0 saturated carbocycles. The van der Waals surface area contributed by atoms with Crippen molar-refractivity contribution >= 4 is 33.3 Å². The number of amides is 1. The Balaban J connectivity index is 2.19. The Morgan fingerprint density at radius 1 is 1.10 bits per heavy atom. The van der Waals surface area contributed by atoms with Gasteiger partial charge in [0.2, 0.25) is 0 Å². The van der Waals surface area contributed by atoms with Crippen molar-refractivity contribution in [2.75, 3.05) is 5.32 Å². The number of rotatable bonds is 3. The van der Waals surface area contributed by atoms with E-state index in [2.05, 4.69) is 21.2 Å². The third-order valence-corrected chi connectivity index (χ3v) is 3.36. The summed E-state index contributed by atoms with van der Waals surface area (Å²) in [4.78, 5) is 23.1. The second kappa shape index (κ2) is 5.96. The van der Waals surface area contributed by atoms with Gasteiger partial charge in [-0.05, 0) is 59.3 Å². The quantitative estimate of drug-likeness (QED) is 0.860. The van der Waals surface area contributed by atoms with E-state index >= 15 is 0 Å². The molecule has 0 fully saturated rings. The molecule has 0 spiro atoms. The van der Waals surface area contributed by atoms with Crippen molar-refractivity contribution in [3.05, 3.63) is 63.9 Å². The van der Waals surface area contributed by atoms with Gasteiger partial charge >= 0.3 is 0 Å². The van der Waals surface area contributed by atoms with E-state index in [1.165, 1.54) is 19.1 Å². The molecule has 0 aliphatic rings. The van der Waals surface area contributed by atoms with Crippen molar-refractivity contribution in [3.8, 4) is 0 Å². The molecule has 0 atom stereocenters. The number of anilines is 1. The molecular formula is C15H11BrFNO2. The first-order chi connectivity index (χ1) is 9.49. The number of nitrogens with one attached hydrogen (secondary N) is 1. The highest BCUT2D eigenvalue weighted by atomic mass is 79.9. The maximum absolute atomic E-state index is 13.8. The third-order valence-electron chi connectivity index (χ3n) is 2.75. The number of hydrogen-bond acceptors (Lipinski definition) is 2. The molecule has 0 aromatic heterocycles. The molecule has 0 radical (unpaired) electrons. The van der Waals surface area contributed by atoms with E-state index < -0.39 is 11.7 Å². The molecule has 5 heteroatoms. The standard InChI is InChI=1S/C15H11BrFNO2/c1-9(19)10-5-7-11(8-6-10)18-15(20)12-3-2-4-13(16)14(12)17/h2-8H,1H3,(H,18,20). The van der Waals surface area contributed by atoms with Crippen LogP contribution in [0.1, 0.15) is 27.6 Å². The minimum atomic E-state index is -0.606. The highest BCUT2D eigenvalue weighted by Crippen LogP contribution is 2.20. The van der Waals surface area contributed by atoms with Crippen molar-refractivity contribution < 1.29 is 14.0 Å². The lowest BCUT2D eigenvalue weighted by Gasteiger charge is -2.07.